The highest BCUT2D eigenvalue weighted by Gasteiger charge is 2.10. The molecule has 0 bridgehead atoms. The molecule has 0 saturated heterocycles. The number of aromatic nitrogens is 1. The lowest BCUT2D eigenvalue weighted by atomic mass is 10.2. The third-order valence-electron chi connectivity index (χ3n) is 2.02. The van der Waals surface area contributed by atoms with Crippen molar-refractivity contribution in [3.05, 3.63) is 42.2 Å². The quantitative estimate of drug-likeness (QED) is 0.739. The molecular formula is C11H15N3O. The van der Waals surface area contributed by atoms with Crippen LogP contribution in [0.25, 0.3) is 0 Å². The maximum Gasteiger partial charge on any atom is 0.253 e. The van der Waals surface area contributed by atoms with Gasteiger partial charge in [0.05, 0.1) is 5.69 Å². The van der Waals surface area contributed by atoms with Gasteiger partial charge in [-0.3, -0.25) is 9.78 Å². The molecule has 0 aliphatic carbocycles. The molecule has 15 heavy (non-hydrogen) atoms. The molecule has 0 unspecified atom stereocenters. The van der Waals surface area contributed by atoms with E-state index in [4.69, 9.17) is 5.73 Å². The fraction of sp³-hybridized carbons (Fsp3) is 0.273. The van der Waals surface area contributed by atoms with Crippen LogP contribution in [0.4, 0.5) is 0 Å². The van der Waals surface area contributed by atoms with Crippen molar-refractivity contribution in [1.29, 1.82) is 0 Å². The van der Waals surface area contributed by atoms with Crippen LogP contribution in [0.15, 0.2) is 31.0 Å². The van der Waals surface area contributed by atoms with Crippen molar-refractivity contribution in [2.24, 2.45) is 5.73 Å². The summed E-state index contributed by atoms with van der Waals surface area (Å²) in [4.78, 5) is 17.4. The molecule has 0 aliphatic heterocycles. The summed E-state index contributed by atoms with van der Waals surface area (Å²) >= 11 is 0. The van der Waals surface area contributed by atoms with Gasteiger partial charge in [-0.15, -0.1) is 6.58 Å². The molecule has 0 atom stereocenters. The van der Waals surface area contributed by atoms with E-state index in [1.54, 1.807) is 36.4 Å². The monoisotopic (exact) mass is 205 g/mol. The number of pyridine rings is 1. The molecule has 1 aromatic rings. The van der Waals surface area contributed by atoms with E-state index in [2.05, 4.69) is 11.6 Å². The third kappa shape index (κ3) is 2.89. The molecule has 0 saturated carbocycles. The van der Waals surface area contributed by atoms with Crippen LogP contribution < -0.4 is 5.73 Å². The van der Waals surface area contributed by atoms with E-state index in [9.17, 15) is 4.79 Å². The van der Waals surface area contributed by atoms with Gasteiger partial charge in [-0.25, -0.2) is 0 Å². The van der Waals surface area contributed by atoms with Crippen LogP contribution in [-0.2, 0) is 6.54 Å². The van der Waals surface area contributed by atoms with E-state index in [1.807, 2.05) is 0 Å². The van der Waals surface area contributed by atoms with Crippen molar-refractivity contribution < 1.29 is 4.79 Å². The van der Waals surface area contributed by atoms with Gasteiger partial charge in [0.1, 0.15) is 0 Å². The minimum absolute atomic E-state index is 0.0491. The van der Waals surface area contributed by atoms with Crippen LogP contribution in [0.1, 0.15) is 16.1 Å². The highest BCUT2D eigenvalue weighted by molar-refractivity contribution is 5.94. The first-order valence-corrected chi connectivity index (χ1v) is 4.70. The number of hydrogen-bond donors (Lipinski definition) is 1. The first-order chi connectivity index (χ1) is 7.19. The molecule has 1 rings (SSSR count). The molecule has 2 N–H and O–H groups in total. The number of likely N-dealkylation sites (N-methyl/N-ethyl adjacent to an activating group) is 1. The summed E-state index contributed by atoms with van der Waals surface area (Å²) in [5.74, 6) is -0.0491. The molecule has 4 heteroatoms. The smallest absolute Gasteiger partial charge is 0.253 e. The van der Waals surface area contributed by atoms with E-state index < -0.39 is 0 Å². The lowest BCUT2D eigenvalue weighted by Gasteiger charge is -2.14. The molecule has 1 heterocycles. The highest BCUT2D eigenvalue weighted by atomic mass is 16.2. The van der Waals surface area contributed by atoms with Gasteiger partial charge in [0.2, 0.25) is 0 Å². The maximum absolute atomic E-state index is 11.8. The molecule has 0 radical (unpaired) electrons. The number of nitrogens with zero attached hydrogens (tertiary/aromatic N) is 2. The first-order valence-electron chi connectivity index (χ1n) is 4.70. The van der Waals surface area contributed by atoms with Gasteiger partial charge < -0.3 is 10.6 Å². The molecule has 4 nitrogen and oxygen atoms in total. The minimum atomic E-state index is -0.0491. The Morgan fingerprint density at radius 2 is 2.47 bits per heavy atom. The fourth-order valence-corrected chi connectivity index (χ4v) is 1.22. The zero-order chi connectivity index (χ0) is 11.3. The fourth-order valence-electron chi connectivity index (χ4n) is 1.22. The Morgan fingerprint density at radius 3 is 3.07 bits per heavy atom. The van der Waals surface area contributed by atoms with E-state index in [1.165, 1.54) is 0 Å². The number of carbonyl (C=O) groups is 1. The Labute approximate surface area is 89.4 Å². The van der Waals surface area contributed by atoms with Crippen LogP contribution >= 0.6 is 0 Å². The van der Waals surface area contributed by atoms with E-state index in [0.717, 1.165) is 0 Å². The molecule has 1 aromatic heterocycles. The van der Waals surface area contributed by atoms with Crippen molar-refractivity contribution in [2.75, 3.05) is 13.6 Å². The number of carbonyl (C=O) groups excluding carboxylic acids is 1. The van der Waals surface area contributed by atoms with Crippen molar-refractivity contribution in [1.82, 2.24) is 9.88 Å². The van der Waals surface area contributed by atoms with Gasteiger partial charge in [0.15, 0.2) is 0 Å². The summed E-state index contributed by atoms with van der Waals surface area (Å²) in [7, 11) is 1.73. The molecule has 0 spiro atoms. The van der Waals surface area contributed by atoms with Crippen LogP contribution in [0, 0.1) is 0 Å². The second kappa shape index (κ2) is 5.26. The van der Waals surface area contributed by atoms with E-state index >= 15 is 0 Å². The summed E-state index contributed by atoms with van der Waals surface area (Å²) < 4.78 is 0. The molecule has 80 valence electrons. The third-order valence-corrected chi connectivity index (χ3v) is 2.02. The van der Waals surface area contributed by atoms with Crippen molar-refractivity contribution in [3.8, 4) is 0 Å². The predicted molar refractivity (Wildman–Crippen MR) is 59.3 cm³/mol. The zero-order valence-electron chi connectivity index (χ0n) is 8.81. The average molecular weight is 205 g/mol. The van der Waals surface area contributed by atoms with Crippen LogP contribution in [0.2, 0.25) is 0 Å². The summed E-state index contributed by atoms with van der Waals surface area (Å²) in [6, 6.07) is 3.39. The Morgan fingerprint density at radius 1 is 1.73 bits per heavy atom. The summed E-state index contributed by atoms with van der Waals surface area (Å²) in [6.07, 6.45) is 3.28. The highest BCUT2D eigenvalue weighted by Crippen LogP contribution is 2.04. The average Bonchev–Trinajstić information content (AvgIpc) is 2.28. The topological polar surface area (TPSA) is 59.2 Å². The first kappa shape index (κ1) is 11.4. The Balaban J connectivity index is 2.85. The SMILES string of the molecule is C=CCN(C)C(=O)c1ccnc(CN)c1. The molecular weight excluding hydrogens is 190 g/mol. The van der Waals surface area contributed by atoms with Crippen LogP contribution in [0.3, 0.4) is 0 Å². The number of rotatable bonds is 4. The van der Waals surface area contributed by atoms with Crippen LogP contribution in [-0.4, -0.2) is 29.4 Å². The number of hydrogen-bond acceptors (Lipinski definition) is 3. The normalized spacial score (nSPS) is 9.73. The summed E-state index contributed by atoms with van der Waals surface area (Å²) in [6.45, 7) is 4.45. The summed E-state index contributed by atoms with van der Waals surface area (Å²) in [5.41, 5.74) is 6.77. The van der Waals surface area contributed by atoms with Gasteiger partial charge in [0, 0.05) is 31.9 Å². The van der Waals surface area contributed by atoms with Gasteiger partial charge >= 0.3 is 0 Å². The predicted octanol–water partition coefficient (Wildman–Crippen LogP) is 0.798. The Hall–Kier alpha value is -1.68. The van der Waals surface area contributed by atoms with E-state index in [-0.39, 0.29) is 5.91 Å². The Kier molecular flexibility index (Phi) is 4.00. The molecule has 0 aromatic carbocycles. The second-order valence-corrected chi connectivity index (χ2v) is 3.21. The number of amides is 1. The van der Waals surface area contributed by atoms with Crippen molar-refractivity contribution >= 4 is 5.91 Å². The largest absolute Gasteiger partial charge is 0.338 e. The summed E-state index contributed by atoms with van der Waals surface area (Å²) in [5, 5.41) is 0. The van der Waals surface area contributed by atoms with Crippen molar-refractivity contribution in [3.63, 3.8) is 0 Å². The van der Waals surface area contributed by atoms with Gasteiger partial charge in [-0.2, -0.15) is 0 Å². The molecule has 0 aliphatic rings. The molecule has 0 fully saturated rings. The van der Waals surface area contributed by atoms with Gasteiger partial charge in [-0.05, 0) is 12.1 Å². The lowest BCUT2D eigenvalue weighted by molar-refractivity contribution is 0.0810. The molecule has 1 amide bonds. The zero-order valence-corrected chi connectivity index (χ0v) is 8.81. The van der Waals surface area contributed by atoms with E-state index in [0.29, 0.717) is 24.3 Å². The van der Waals surface area contributed by atoms with Gasteiger partial charge in [0.25, 0.3) is 5.91 Å². The van der Waals surface area contributed by atoms with Gasteiger partial charge in [-0.1, -0.05) is 6.08 Å². The standard InChI is InChI=1S/C11H15N3O/c1-3-6-14(2)11(15)9-4-5-13-10(7-9)8-12/h3-5,7H,1,6,8,12H2,2H3. The number of nitrogens with two attached hydrogens (primary N) is 1. The van der Waals surface area contributed by atoms with Crippen LogP contribution in [0.5, 0.6) is 0 Å². The lowest BCUT2D eigenvalue weighted by Crippen LogP contribution is -2.26. The second-order valence-electron chi connectivity index (χ2n) is 3.21. The maximum atomic E-state index is 11.8. The van der Waals surface area contributed by atoms with Crippen molar-refractivity contribution in [2.45, 2.75) is 6.54 Å². The Bertz CT molecular complexity index is 363. The minimum Gasteiger partial charge on any atom is -0.338 e.